The highest BCUT2D eigenvalue weighted by Crippen LogP contribution is 2.44. The van der Waals surface area contributed by atoms with E-state index in [2.05, 4.69) is 34.6 Å². The van der Waals surface area contributed by atoms with Crippen molar-refractivity contribution in [1.29, 1.82) is 0 Å². The number of thiazole rings is 1. The zero-order valence-electron chi connectivity index (χ0n) is 19.1. The molecule has 1 aliphatic heterocycles. The molecule has 2 aromatic carbocycles. The Morgan fingerprint density at radius 3 is 2.40 bits per heavy atom. The predicted molar refractivity (Wildman–Crippen MR) is 132 cm³/mol. The molecule has 0 radical (unpaired) electrons. The molecule has 0 unspecified atom stereocenters. The van der Waals surface area contributed by atoms with Gasteiger partial charge in [-0.05, 0) is 42.0 Å². The molecule has 1 aromatic heterocycles. The summed E-state index contributed by atoms with van der Waals surface area (Å²) in [6, 6.07) is 16.0. The minimum atomic E-state index is -0.827. The first-order valence-electron chi connectivity index (χ1n) is 11.5. The number of aliphatic carboxylic acids is 1. The Bertz CT molecular complexity index is 1240. The third-order valence-electron chi connectivity index (χ3n) is 6.76. The van der Waals surface area contributed by atoms with E-state index in [0.717, 1.165) is 33.6 Å². The summed E-state index contributed by atoms with van der Waals surface area (Å²) in [6.45, 7) is 2.39. The average molecular weight is 492 g/mol. The van der Waals surface area contributed by atoms with Crippen LogP contribution in [0.4, 0.5) is 9.93 Å². The normalized spacial score (nSPS) is 19.1. The number of carbonyl (C=O) groups excluding carboxylic acids is 2. The summed E-state index contributed by atoms with van der Waals surface area (Å²) in [5.74, 6) is -1.57. The maximum Gasteiger partial charge on any atom is 0.413 e. The number of carboxylic acids is 1. The third kappa shape index (κ3) is 4.51. The molecule has 8 nitrogen and oxygen atoms in total. The van der Waals surface area contributed by atoms with Gasteiger partial charge in [-0.25, -0.2) is 9.78 Å². The second-order valence-corrected chi connectivity index (χ2v) is 9.75. The third-order valence-corrected chi connectivity index (χ3v) is 7.52. The monoisotopic (exact) mass is 491 g/mol. The number of rotatable bonds is 5. The first kappa shape index (κ1) is 23.0. The second-order valence-electron chi connectivity index (χ2n) is 8.90. The lowest BCUT2D eigenvalue weighted by Crippen LogP contribution is -2.46. The van der Waals surface area contributed by atoms with Gasteiger partial charge in [0, 0.05) is 23.9 Å². The van der Waals surface area contributed by atoms with Gasteiger partial charge in [0.05, 0.1) is 5.92 Å². The molecule has 0 bridgehead atoms. The van der Waals surface area contributed by atoms with Crippen molar-refractivity contribution in [3.8, 4) is 11.1 Å². The van der Waals surface area contributed by atoms with Crippen molar-refractivity contribution in [3.05, 3.63) is 70.7 Å². The van der Waals surface area contributed by atoms with Crippen LogP contribution in [0.5, 0.6) is 0 Å². The Hall–Kier alpha value is -3.72. The number of likely N-dealkylation sites (tertiary alicyclic amines) is 1. The number of carbonyl (C=O) groups is 3. The van der Waals surface area contributed by atoms with E-state index < -0.39 is 18.0 Å². The summed E-state index contributed by atoms with van der Waals surface area (Å²) >= 11 is 1.15. The molecule has 2 aliphatic rings. The van der Waals surface area contributed by atoms with Gasteiger partial charge in [0.1, 0.15) is 12.3 Å². The Morgan fingerprint density at radius 1 is 1.11 bits per heavy atom. The topological polar surface area (TPSA) is 109 Å². The van der Waals surface area contributed by atoms with Gasteiger partial charge in [-0.1, -0.05) is 48.5 Å². The fourth-order valence-electron chi connectivity index (χ4n) is 5.00. The molecule has 180 valence electrons. The van der Waals surface area contributed by atoms with Crippen molar-refractivity contribution in [2.24, 2.45) is 5.92 Å². The molecule has 1 saturated heterocycles. The zero-order chi connectivity index (χ0) is 24.5. The van der Waals surface area contributed by atoms with E-state index in [1.165, 1.54) is 0 Å². The van der Waals surface area contributed by atoms with Crippen LogP contribution in [0.15, 0.2) is 53.9 Å². The van der Waals surface area contributed by atoms with Gasteiger partial charge >= 0.3 is 12.1 Å². The number of nitrogens with one attached hydrogen (secondary N) is 1. The van der Waals surface area contributed by atoms with Crippen LogP contribution in [0, 0.1) is 5.92 Å². The van der Waals surface area contributed by atoms with E-state index in [0.29, 0.717) is 19.4 Å². The number of amides is 2. The number of nitrogens with zero attached hydrogens (tertiary/aromatic N) is 2. The molecule has 2 amide bonds. The number of ether oxygens (including phenoxy) is 1. The summed E-state index contributed by atoms with van der Waals surface area (Å²) in [4.78, 5) is 42.6. The molecule has 5 rings (SSSR count). The number of fused-ring (bicyclic) bond motifs is 3. The van der Waals surface area contributed by atoms with Crippen LogP contribution < -0.4 is 5.32 Å². The summed E-state index contributed by atoms with van der Waals surface area (Å²) in [5, 5.41) is 13.7. The number of anilines is 1. The molecule has 1 aliphatic carbocycles. The minimum absolute atomic E-state index is 0.0446. The molecule has 3 aromatic rings. The maximum absolute atomic E-state index is 12.9. The predicted octanol–water partition coefficient (Wildman–Crippen LogP) is 4.83. The molecule has 0 spiro atoms. The first-order chi connectivity index (χ1) is 16.9. The molecule has 2 N–H and O–H groups in total. The molecule has 1 fully saturated rings. The van der Waals surface area contributed by atoms with Crippen LogP contribution in [0.2, 0.25) is 0 Å². The van der Waals surface area contributed by atoms with Crippen LogP contribution in [0.3, 0.4) is 0 Å². The maximum atomic E-state index is 12.9. The van der Waals surface area contributed by atoms with E-state index in [-0.39, 0.29) is 35.3 Å². The van der Waals surface area contributed by atoms with E-state index >= 15 is 0 Å². The molecule has 0 saturated carbocycles. The minimum Gasteiger partial charge on any atom is -0.481 e. The van der Waals surface area contributed by atoms with Crippen LogP contribution in [0.1, 0.15) is 47.3 Å². The Balaban J connectivity index is 1.20. The number of piperidine rings is 1. The van der Waals surface area contributed by atoms with Crippen molar-refractivity contribution in [1.82, 2.24) is 9.88 Å². The highest BCUT2D eigenvalue weighted by Gasteiger charge is 2.33. The quantitative estimate of drug-likeness (QED) is 0.529. The van der Waals surface area contributed by atoms with Gasteiger partial charge in [0.15, 0.2) is 5.13 Å². The van der Waals surface area contributed by atoms with E-state index in [1.54, 1.807) is 10.3 Å². The van der Waals surface area contributed by atoms with E-state index in [9.17, 15) is 19.5 Å². The van der Waals surface area contributed by atoms with Gasteiger partial charge in [-0.2, -0.15) is 0 Å². The second kappa shape index (κ2) is 9.50. The van der Waals surface area contributed by atoms with Crippen molar-refractivity contribution < 1.29 is 24.2 Å². The summed E-state index contributed by atoms with van der Waals surface area (Å²) in [7, 11) is 0. The largest absolute Gasteiger partial charge is 0.481 e. The number of benzene rings is 2. The lowest BCUT2D eigenvalue weighted by Gasteiger charge is -2.35. The molecule has 2 heterocycles. The zero-order valence-corrected chi connectivity index (χ0v) is 20.0. The van der Waals surface area contributed by atoms with Gasteiger partial charge in [-0.3, -0.25) is 14.9 Å². The number of hydrogen-bond donors (Lipinski definition) is 2. The molecular formula is C26H25N3O5S. The molecule has 2 atom stereocenters. The van der Waals surface area contributed by atoms with Gasteiger partial charge in [0.2, 0.25) is 0 Å². The van der Waals surface area contributed by atoms with Crippen LogP contribution in [0.25, 0.3) is 11.1 Å². The summed E-state index contributed by atoms with van der Waals surface area (Å²) < 4.78 is 5.55. The number of hydrogen-bond acceptors (Lipinski definition) is 6. The van der Waals surface area contributed by atoms with E-state index in [1.807, 2.05) is 31.2 Å². The summed E-state index contributed by atoms with van der Waals surface area (Å²) in [6.07, 6.45) is 0.201. The fraction of sp³-hybridized carbons (Fsp3) is 0.308. The lowest BCUT2D eigenvalue weighted by molar-refractivity contribution is -0.143. The molecule has 9 heteroatoms. The van der Waals surface area contributed by atoms with Crippen LogP contribution in [-0.2, 0) is 9.53 Å². The Labute approximate surface area is 206 Å². The molecule has 35 heavy (non-hydrogen) atoms. The van der Waals surface area contributed by atoms with Gasteiger partial charge < -0.3 is 14.7 Å². The van der Waals surface area contributed by atoms with Crippen molar-refractivity contribution in [2.75, 3.05) is 18.5 Å². The fourth-order valence-corrected chi connectivity index (χ4v) is 5.67. The summed E-state index contributed by atoms with van der Waals surface area (Å²) in [5.41, 5.74) is 4.79. The van der Waals surface area contributed by atoms with E-state index in [4.69, 9.17) is 4.74 Å². The smallest absolute Gasteiger partial charge is 0.413 e. The van der Waals surface area contributed by atoms with Crippen LogP contribution in [-0.4, -0.2) is 52.2 Å². The first-order valence-corrected chi connectivity index (χ1v) is 12.4. The van der Waals surface area contributed by atoms with Crippen LogP contribution >= 0.6 is 11.3 Å². The standard InChI is InChI=1S/C26H25N3O5S/c1-15-12-16(24(31)32)10-11-29(15)23(30)22-14-35-25(27-22)28-26(33)34-13-21-19-8-4-2-6-17(19)18-7-3-5-9-20(18)21/h2-9,14-16,21H,10-13H2,1H3,(H,31,32)(H,27,28,33)/t15-,16-/m1/s1. The highest BCUT2D eigenvalue weighted by molar-refractivity contribution is 7.14. The van der Waals surface area contributed by atoms with Gasteiger partial charge in [0.25, 0.3) is 5.91 Å². The van der Waals surface area contributed by atoms with Crippen molar-refractivity contribution >= 4 is 34.4 Å². The lowest BCUT2D eigenvalue weighted by atomic mass is 9.91. The Morgan fingerprint density at radius 2 is 1.77 bits per heavy atom. The molecular weight excluding hydrogens is 466 g/mol. The highest BCUT2D eigenvalue weighted by atomic mass is 32.1. The Kier molecular flexibility index (Phi) is 6.25. The van der Waals surface area contributed by atoms with Crippen molar-refractivity contribution in [2.45, 2.75) is 31.7 Å². The number of carboxylic acid groups (broad SMARTS) is 1. The number of aromatic nitrogens is 1. The van der Waals surface area contributed by atoms with Gasteiger partial charge in [-0.15, -0.1) is 11.3 Å². The average Bonchev–Trinajstić information content (AvgIpc) is 3.45. The SMILES string of the molecule is C[C@@H]1C[C@H](C(=O)O)CCN1C(=O)c1csc(NC(=O)OCC2c3ccccc3-c3ccccc32)n1. The van der Waals surface area contributed by atoms with Crippen molar-refractivity contribution in [3.63, 3.8) is 0 Å².